The van der Waals surface area contributed by atoms with Gasteiger partial charge in [-0.05, 0) is 70.1 Å². The number of methoxy groups -OCH3 is 2. The molecule has 1 saturated heterocycles. The fraction of sp³-hybridized carbons (Fsp3) is 0.586. The van der Waals surface area contributed by atoms with E-state index < -0.39 is 35.2 Å². The van der Waals surface area contributed by atoms with Crippen LogP contribution in [0.4, 0.5) is 9.93 Å². The molecule has 0 saturated carbocycles. The maximum Gasteiger partial charge on any atom is 0.407 e. The Bertz CT molecular complexity index is 2180. The number of ether oxygens (including phenoxy) is 3. The number of aliphatic carboxylic acids is 1. The fourth-order valence-corrected chi connectivity index (χ4v) is 9.43. The number of carbonyl (C=O) groups is 4. The molecule has 76 heavy (non-hydrogen) atoms. The predicted molar refractivity (Wildman–Crippen MR) is 314 cm³/mol. The smallest absolute Gasteiger partial charge is 0.407 e. The van der Waals surface area contributed by atoms with Crippen LogP contribution >= 0.6 is 11.3 Å². The molecule has 1 fully saturated rings. The summed E-state index contributed by atoms with van der Waals surface area (Å²) in [6.45, 7) is 31.7. The van der Waals surface area contributed by atoms with E-state index in [0.717, 1.165) is 66.4 Å². The monoisotopic (exact) mass is 1100 g/mol. The fourth-order valence-electron chi connectivity index (χ4n) is 7.27. The van der Waals surface area contributed by atoms with Gasteiger partial charge in [0.2, 0.25) is 12.3 Å². The normalized spacial score (nSPS) is 16.8. The van der Waals surface area contributed by atoms with Gasteiger partial charge in [-0.25, -0.2) is 28.1 Å². The van der Waals surface area contributed by atoms with Crippen LogP contribution < -0.4 is 16.0 Å². The summed E-state index contributed by atoms with van der Waals surface area (Å²) in [7, 11) is 2.08. The van der Waals surface area contributed by atoms with E-state index in [1.807, 2.05) is 108 Å². The average molecular weight is 1100 g/mol. The first-order valence-corrected chi connectivity index (χ1v) is 29.1. The topological polar surface area (TPSA) is 201 Å². The molecule has 0 bridgehead atoms. The maximum absolute atomic E-state index is 12.7. The third-order valence-electron chi connectivity index (χ3n) is 11.4. The number of hydrogen-bond acceptors (Lipinski definition) is 12. The van der Waals surface area contributed by atoms with Crippen molar-refractivity contribution >= 4 is 57.5 Å². The number of benzene rings is 1. The van der Waals surface area contributed by atoms with Crippen LogP contribution in [0.1, 0.15) is 158 Å². The van der Waals surface area contributed by atoms with E-state index in [2.05, 4.69) is 72.4 Å². The zero-order valence-electron chi connectivity index (χ0n) is 48.6. The number of aliphatic imine (C=N–C) groups is 1. The molecule has 2 aromatic rings. The van der Waals surface area contributed by atoms with Gasteiger partial charge in [0.25, 0.3) is 0 Å². The quantitative estimate of drug-likeness (QED) is 0.0184. The minimum atomic E-state index is -1.17. The van der Waals surface area contributed by atoms with Crippen molar-refractivity contribution in [3.8, 4) is 0 Å². The van der Waals surface area contributed by atoms with Gasteiger partial charge in [0.05, 0.1) is 48.6 Å². The lowest BCUT2D eigenvalue weighted by Crippen LogP contribution is -2.47. The number of fused-ring (bicyclic) bond motifs is 1. The van der Waals surface area contributed by atoms with E-state index in [1.54, 1.807) is 49.7 Å². The third-order valence-corrected chi connectivity index (χ3v) is 13.6. The molecule has 1 aromatic carbocycles. The number of hydrogen-bond donors (Lipinski definition) is 4. The summed E-state index contributed by atoms with van der Waals surface area (Å²) in [5, 5.41) is 19.9. The van der Waals surface area contributed by atoms with Crippen LogP contribution in [-0.2, 0) is 51.9 Å². The Balaban J connectivity index is 0.00000112. The third kappa shape index (κ3) is 28.5. The summed E-state index contributed by atoms with van der Waals surface area (Å²) in [5.74, 6) is 0.00496. The van der Waals surface area contributed by atoms with Gasteiger partial charge in [-0.15, -0.1) is 11.3 Å². The molecule has 3 amide bonds. The predicted octanol–water partition coefficient (Wildman–Crippen LogP) is 12.1. The molecule has 3 heterocycles. The second-order valence-corrected chi connectivity index (χ2v) is 21.2. The molecule has 1 aromatic heterocycles. The number of carbonyl (C=O) groups excluding carboxylic acids is 3. The Morgan fingerprint density at radius 3 is 2.29 bits per heavy atom. The summed E-state index contributed by atoms with van der Waals surface area (Å²) >= 11 is 1.55. The molecule has 0 spiro atoms. The van der Waals surface area contributed by atoms with E-state index in [9.17, 15) is 23.4 Å². The Morgan fingerprint density at radius 1 is 1.04 bits per heavy atom. The first kappa shape index (κ1) is 70.4. The van der Waals surface area contributed by atoms with Crippen molar-refractivity contribution in [3.63, 3.8) is 0 Å². The Labute approximate surface area is 463 Å². The van der Waals surface area contributed by atoms with Gasteiger partial charge in [-0.3, -0.25) is 9.59 Å². The Morgan fingerprint density at radius 2 is 1.72 bits per heavy atom. The minimum Gasteiger partial charge on any atom is -0.504 e. The van der Waals surface area contributed by atoms with Crippen molar-refractivity contribution in [1.29, 1.82) is 0 Å². The highest BCUT2D eigenvalue weighted by atomic mass is 32.2. The summed E-state index contributed by atoms with van der Waals surface area (Å²) in [6, 6.07) is 7.69. The number of carboxylic acids is 1. The number of nitrogens with zero attached hydrogens (tertiary/aromatic N) is 4. The molecule has 16 nitrogen and oxygen atoms in total. The summed E-state index contributed by atoms with van der Waals surface area (Å²) in [4.78, 5) is 56.8. The molecular formula is C58H95N7O9S2. The van der Waals surface area contributed by atoms with Gasteiger partial charge in [-0.1, -0.05) is 137 Å². The van der Waals surface area contributed by atoms with Crippen LogP contribution in [0.15, 0.2) is 95.4 Å². The second kappa shape index (κ2) is 40.6. The van der Waals surface area contributed by atoms with Gasteiger partial charge in [0.15, 0.2) is 5.13 Å². The maximum atomic E-state index is 12.7. The molecule has 2 aliphatic rings. The van der Waals surface area contributed by atoms with Crippen LogP contribution in [0, 0.1) is 11.3 Å². The summed E-state index contributed by atoms with van der Waals surface area (Å²) in [5.41, 5.74) is 3.97. The number of anilines is 1. The first-order valence-electron chi connectivity index (χ1n) is 26.9. The van der Waals surface area contributed by atoms with Gasteiger partial charge in [-0.2, -0.15) is 0 Å². The highest BCUT2D eigenvalue weighted by Gasteiger charge is 2.34. The summed E-state index contributed by atoms with van der Waals surface area (Å²) in [6.07, 6.45) is 20.7. The zero-order valence-corrected chi connectivity index (χ0v) is 50.2. The highest BCUT2D eigenvalue weighted by Crippen LogP contribution is 2.28. The SMILES string of the molecule is C=C(/C=C/OC)N=C(/C=C(\C/C=C\CC)OC)c1csc(NC(C)C)n1.CC.CC.CCCCC/C=C\C(C)C(NC=O)C(=O)O.C[C@@H]1CCCN1C(=O)CNC(=O)O[C@H](CN1Cc2ccccc2CS1=O)C(C)(C)C. The number of aromatic nitrogens is 1. The number of allylic oxidation sites excluding steroid dienone is 5. The molecule has 0 aliphatic carbocycles. The number of nitrogens with one attached hydrogen (secondary N) is 3. The zero-order chi connectivity index (χ0) is 57.6. The molecule has 4 rings (SSSR count). The summed E-state index contributed by atoms with van der Waals surface area (Å²) < 4.78 is 30.7. The van der Waals surface area contributed by atoms with E-state index in [4.69, 9.17) is 19.3 Å². The van der Waals surface area contributed by atoms with Crippen molar-refractivity contribution in [2.24, 2.45) is 16.3 Å². The number of amides is 3. The lowest BCUT2D eigenvalue weighted by molar-refractivity contribution is -0.141. The average Bonchev–Trinajstić information content (AvgIpc) is 4.05. The molecule has 18 heteroatoms. The van der Waals surface area contributed by atoms with Crippen LogP contribution in [0.3, 0.4) is 0 Å². The Hall–Kier alpha value is -5.59. The molecule has 0 radical (unpaired) electrons. The van der Waals surface area contributed by atoms with Crippen LogP contribution in [0.5, 0.6) is 0 Å². The molecule has 3 unspecified atom stereocenters. The van der Waals surface area contributed by atoms with Crippen molar-refractivity contribution in [2.75, 3.05) is 39.2 Å². The number of rotatable bonds is 25. The molecule has 5 atom stereocenters. The van der Waals surface area contributed by atoms with Crippen molar-refractivity contribution in [3.05, 3.63) is 107 Å². The molecule has 2 aliphatic heterocycles. The minimum absolute atomic E-state index is 0.0664. The molecule has 428 valence electrons. The van der Waals surface area contributed by atoms with Crippen molar-refractivity contribution < 1.29 is 42.7 Å². The van der Waals surface area contributed by atoms with Gasteiger partial charge in [0.1, 0.15) is 30.1 Å². The molecular weight excluding hydrogens is 1000 g/mol. The van der Waals surface area contributed by atoms with Gasteiger partial charge in [0, 0.05) is 60.9 Å². The van der Waals surface area contributed by atoms with Gasteiger partial charge >= 0.3 is 12.1 Å². The van der Waals surface area contributed by atoms with E-state index >= 15 is 0 Å². The number of carboxylic acid groups (broad SMARTS) is 1. The number of unbranched alkanes of at least 4 members (excludes halogenated alkanes) is 3. The first-order chi connectivity index (χ1) is 36.3. The van der Waals surface area contributed by atoms with E-state index in [-0.39, 0.29) is 29.8 Å². The van der Waals surface area contributed by atoms with Crippen molar-refractivity contribution in [2.45, 2.75) is 178 Å². The largest absolute Gasteiger partial charge is 0.504 e. The number of thiazole rings is 1. The molecule has 4 N–H and O–H groups in total. The van der Waals surface area contributed by atoms with Crippen LogP contribution in [0.25, 0.3) is 0 Å². The Kier molecular flexibility index (Phi) is 37.6. The van der Waals surface area contributed by atoms with Crippen LogP contribution in [0.2, 0.25) is 0 Å². The van der Waals surface area contributed by atoms with Crippen LogP contribution in [-0.4, -0.2) is 112 Å². The highest BCUT2D eigenvalue weighted by molar-refractivity contribution is 7.81. The number of alkyl carbamates (subject to hydrolysis) is 1. The standard InChI is InChI=1S/C22H33N3O4S.C20H29N3O2S.C12H21NO3.2C2H6/c1-16-8-7-11-25(16)20(26)12-23-21(27)29-19(22(2,3)4)14-24-13-17-9-5-6-10-18(17)15-30(24)28;1-7-8-9-10-17(25-6)13-18(22-16(4)11-12-24-5)19-14-26-20(23-19)21-15(2)3;1-3-4-5-6-7-8-10(2)11(12(15)16)13-9-14;2*1-2/h5-6,9-10,16,19H,7-8,11-15H2,1-4H3,(H,23,27);8-9,11-15H,4,7,10H2,1-3,5-6H3,(H,21,23);7-11H,3-6H2,1-2H3,(H,13,14)(H,15,16);2*1-2H3/b;9-8-,12-11+,17-13+,22-18?;8-7-;;/t16-,19-,30?;;;;/m1..../s1. The lowest BCUT2D eigenvalue weighted by atomic mass is 9.89. The van der Waals surface area contributed by atoms with E-state index in [0.29, 0.717) is 49.1 Å². The van der Waals surface area contributed by atoms with Crippen molar-refractivity contribution in [1.82, 2.24) is 24.8 Å². The lowest BCUT2D eigenvalue weighted by Gasteiger charge is -2.36. The van der Waals surface area contributed by atoms with Gasteiger partial charge < -0.3 is 40.2 Å². The van der Waals surface area contributed by atoms with E-state index in [1.165, 1.54) is 12.8 Å². The number of likely N-dealkylation sites (tertiary alicyclic amines) is 1. The second-order valence-electron chi connectivity index (χ2n) is 18.9.